The largest absolute Gasteiger partial charge is 0.459 e. The van der Waals surface area contributed by atoms with Crippen LogP contribution < -0.4 is 10.6 Å². The Morgan fingerprint density at radius 1 is 1.04 bits per heavy atom. The first-order valence-electron chi connectivity index (χ1n) is 8.10. The number of carbonyl (C=O) groups is 1. The quantitative estimate of drug-likeness (QED) is 0.563. The van der Waals surface area contributed by atoms with Gasteiger partial charge in [-0.05, 0) is 31.2 Å². The van der Waals surface area contributed by atoms with Crippen molar-refractivity contribution in [2.75, 3.05) is 5.32 Å². The minimum atomic E-state index is -0.300. The fraction of sp³-hybridized carbons (Fsp3) is 0.100. The highest BCUT2D eigenvalue weighted by Crippen LogP contribution is 2.24. The molecule has 2 heterocycles. The van der Waals surface area contributed by atoms with Crippen molar-refractivity contribution < 1.29 is 9.21 Å². The molecule has 0 aliphatic heterocycles. The standard InChI is InChI=1S/C20H17N3O2/c1-13(18-12-15-6-2-3-10-17(15)25-18)22-20(24)23-16-9-4-7-14-8-5-11-21-19(14)16/h2-13H,1H3,(H2,22,23,24). The maximum Gasteiger partial charge on any atom is 0.319 e. The molecule has 0 aliphatic carbocycles. The van der Waals surface area contributed by atoms with E-state index in [2.05, 4.69) is 15.6 Å². The van der Waals surface area contributed by atoms with Gasteiger partial charge >= 0.3 is 6.03 Å². The highest BCUT2D eigenvalue weighted by Gasteiger charge is 2.15. The van der Waals surface area contributed by atoms with E-state index in [9.17, 15) is 4.79 Å². The van der Waals surface area contributed by atoms with Crippen molar-refractivity contribution in [3.8, 4) is 0 Å². The first-order chi connectivity index (χ1) is 12.2. The third kappa shape index (κ3) is 3.04. The Hall–Kier alpha value is -3.34. The Bertz CT molecular complexity index is 1020. The van der Waals surface area contributed by atoms with Crippen LogP contribution >= 0.6 is 0 Å². The van der Waals surface area contributed by atoms with Crippen LogP contribution in [0, 0.1) is 0 Å². The lowest BCUT2D eigenvalue weighted by atomic mass is 10.2. The average molecular weight is 331 g/mol. The molecule has 2 N–H and O–H groups in total. The van der Waals surface area contributed by atoms with Gasteiger partial charge in [0.1, 0.15) is 11.3 Å². The molecule has 0 bridgehead atoms. The molecule has 2 aromatic heterocycles. The predicted molar refractivity (Wildman–Crippen MR) is 98.5 cm³/mol. The third-order valence-electron chi connectivity index (χ3n) is 4.10. The Morgan fingerprint density at radius 3 is 2.72 bits per heavy atom. The number of fused-ring (bicyclic) bond motifs is 2. The van der Waals surface area contributed by atoms with E-state index in [1.165, 1.54) is 0 Å². The van der Waals surface area contributed by atoms with E-state index in [4.69, 9.17) is 4.42 Å². The van der Waals surface area contributed by atoms with Crippen molar-refractivity contribution in [3.63, 3.8) is 0 Å². The normalized spacial score (nSPS) is 12.2. The molecule has 2 aromatic carbocycles. The summed E-state index contributed by atoms with van der Waals surface area (Å²) < 4.78 is 5.80. The Labute approximate surface area is 144 Å². The number of carbonyl (C=O) groups excluding carboxylic acids is 1. The maximum atomic E-state index is 12.4. The SMILES string of the molecule is CC(NC(=O)Nc1cccc2cccnc12)c1cc2ccccc2o1. The van der Waals surface area contributed by atoms with Gasteiger partial charge in [-0.1, -0.05) is 36.4 Å². The first-order valence-corrected chi connectivity index (χ1v) is 8.10. The summed E-state index contributed by atoms with van der Waals surface area (Å²) in [4.78, 5) is 16.7. The molecule has 0 fully saturated rings. The lowest BCUT2D eigenvalue weighted by Gasteiger charge is -2.13. The van der Waals surface area contributed by atoms with Crippen LogP contribution in [0.3, 0.4) is 0 Å². The van der Waals surface area contributed by atoms with Crippen molar-refractivity contribution >= 4 is 33.6 Å². The van der Waals surface area contributed by atoms with Gasteiger partial charge in [0, 0.05) is 17.0 Å². The van der Waals surface area contributed by atoms with Crippen molar-refractivity contribution in [3.05, 3.63) is 72.6 Å². The molecule has 5 nitrogen and oxygen atoms in total. The van der Waals surface area contributed by atoms with Gasteiger partial charge < -0.3 is 15.1 Å². The minimum Gasteiger partial charge on any atom is -0.459 e. The molecule has 1 unspecified atom stereocenters. The molecule has 124 valence electrons. The number of nitrogens with zero attached hydrogens (tertiary/aromatic N) is 1. The number of benzene rings is 2. The summed E-state index contributed by atoms with van der Waals surface area (Å²) in [6, 6.07) is 18.7. The van der Waals surface area contributed by atoms with Gasteiger partial charge in [-0.25, -0.2) is 4.79 Å². The zero-order valence-electron chi connectivity index (χ0n) is 13.7. The van der Waals surface area contributed by atoms with Gasteiger partial charge in [0.2, 0.25) is 0 Å². The number of para-hydroxylation sites is 2. The summed E-state index contributed by atoms with van der Waals surface area (Å²) in [5, 5.41) is 7.76. The highest BCUT2D eigenvalue weighted by molar-refractivity contribution is 5.99. The average Bonchev–Trinajstić information content (AvgIpc) is 3.06. The predicted octanol–water partition coefficient (Wildman–Crippen LogP) is 4.86. The zero-order chi connectivity index (χ0) is 17.2. The van der Waals surface area contributed by atoms with Crippen molar-refractivity contribution in [1.82, 2.24) is 10.3 Å². The molecule has 4 rings (SSSR count). The first kappa shape index (κ1) is 15.2. The summed E-state index contributed by atoms with van der Waals surface area (Å²) in [6.07, 6.45) is 1.71. The molecular weight excluding hydrogens is 314 g/mol. The minimum absolute atomic E-state index is 0.254. The van der Waals surface area contributed by atoms with E-state index >= 15 is 0 Å². The molecule has 25 heavy (non-hydrogen) atoms. The van der Waals surface area contributed by atoms with E-state index in [0.29, 0.717) is 11.4 Å². The molecule has 0 aliphatic rings. The van der Waals surface area contributed by atoms with Gasteiger partial charge in [-0.2, -0.15) is 0 Å². The zero-order valence-corrected chi connectivity index (χ0v) is 13.7. The monoisotopic (exact) mass is 331 g/mol. The van der Waals surface area contributed by atoms with Crippen LogP contribution in [0.5, 0.6) is 0 Å². The Morgan fingerprint density at radius 2 is 1.84 bits per heavy atom. The fourth-order valence-electron chi connectivity index (χ4n) is 2.85. The number of pyridine rings is 1. The summed E-state index contributed by atoms with van der Waals surface area (Å²) in [6.45, 7) is 1.89. The lowest BCUT2D eigenvalue weighted by molar-refractivity contribution is 0.248. The van der Waals surface area contributed by atoms with Crippen molar-refractivity contribution in [2.24, 2.45) is 0 Å². The van der Waals surface area contributed by atoms with Gasteiger partial charge in [-0.3, -0.25) is 4.98 Å². The highest BCUT2D eigenvalue weighted by atomic mass is 16.3. The van der Waals surface area contributed by atoms with Crippen LogP contribution in [0.2, 0.25) is 0 Å². The number of anilines is 1. The lowest BCUT2D eigenvalue weighted by Crippen LogP contribution is -2.31. The topological polar surface area (TPSA) is 67.2 Å². The van der Waals surface area contributed by atoms with E-state index in [1.54, 1.807) is 6.20 Å². The van der Waals surface area contributed by atoms with Crippen molar-refractivity contribution in [2.45, 2.75) is 13.0 Å². The molecule has 0 radical (unpaired) electrons. The molecule has 0 spiro atoms. The number of furan rings is 1. The van der Waals surface area contributed by atoms with Gasteiger partial charge in [0.15, 0.2) is 0 Å². The smallest absolute Gasteiger partial charge is 0.319 e. The molecular formula is C20H17N3O2. The number of hydrogen-bond acceptors (Lipinski definition) is 3. The van der Waals surface area contributed by atoms with E-state index in [0.717, 1.165) is 21.9 Å². The Balaban J connectivity index is 1.51. The third-order valence-corrected chi connectivity index (χ3v) is 4.10. The molecule has 4 aromatic rings. The number of aromatic nitrogens is 1. The van der Waals surface area contributed by atoms with Gasteiger partial charge in [-0.15, -0.1) is 0 Å². The molecule has 2 amide bonds. The van der Waals surface area contributed by atoms with Crippen LogP contribution in [-0.2, 0) is 0 Å². The van der Waals surface area contributed by atoms with Crippen molar-refractivity contribution in [1.29, 1.82) is 0 Å². The molecule has 0 saturated carbocycles. The summed E-state index contributed by atoms with van der Waals surface area (Å²) in [7, 11) is 0. The van der Waals surface area contributed by atoms with E-state index < -0.39 is 0 Å². The van der Waals surface area contributed by atoms with E-state index in [1.807, 2.05) is 67.6 Å². The Kier molecular flexibility index (Phi) is 3.82. The van der Waals surface area contributed by atoms with Crippen LogP contribution in [-0.4, -0.2) is 11.0 Å². The summed E-state index contributed by atoms with van der Waals surface area (Å²) in [5.41, 5.74) is 2.24. The molecule has 5 heteroatoms. The van der Waals surface area contributed by atoms with Gasteiger partial charge in [0.25, 0.3) is 0 Å². The molecule has 0 saturated heterocycles. The number of amides is 2. The number of rotatable bonds is 3. The summed E-state index contributed by atoms with van der Waals surface area (Å²) >= 11 is 0. The number of nitrogens with one attached hydrogen (secondary N) is 2. The van der Waals surface area contributed by atoms with Crippen LogP contribution in [0.1, 0.15) is 18.7 Å². The maximum absolute atomic E-state index is 12.4. The van der Waals surface area contributed by atoms with Gasteiger partial charge in [0.05, 0.1) is 17.2 Å². The number of urea groups is 1. The fourth-order valence-corrected chi connectivity index (χ4v) is 2.85. The van der Waals surface area contributed by atoms with Crippen LogP contribution in [0.4, 0.5) is 10.5 Å². The molecule has 1 atom stereocenters. The second-order valence-electron chi connectivity index (χ2n) is 5.89. The van der Waals surface area contributed by atoms with E-state index in [-0.39, 0.29) is 12.1 Å². The van der Waals surface area contributed by atoms with Crippen LogP contribution in [0.15, 0.2) is 71.3 Å². The second kappa shape index (κ2) is 6.28. The van der Waals surface area contributed by atoms with Crippen LogP contribution in [0.25, 0.3) is 21.9 Å². The summed E-state index contributed by atoms with van der Waals surface area (Å²) in [5.74, 6) is 0.715. The number of hydrogen-bond donors (Lipinski definition) is 2. The second-order valence-corrected chi connectivity index (χ2v) is 5.89.